The van der Waals surface area contributed by atoms with Gasteiger partial charge >= 0.3 is 0 Å². The smallest absolute Gasteiger partial charge is 0.256 e. The van der Waals surface area contributed by atoms with Crippen LogP contribution in [0, 0.1) is 6.92 Å². The molecule has 0 aliphatic carbocycles. The number of fused-ring (bicyclic) bond motifs is 1. The molecule has 1 saturated heterocycles. The van der Waals surface area contributed by atoms with E-state index in [-0.39, 0.29) is 17.9 Å². The lowest BCUT2D eigenvalue weighted by molar-refractivity contribution is -0.117. The summed E-state index contributed by atoms with van der Waals surface area (Å²) in [6, 6.07) is 13.5. The molecule has 2 aromatic heterocycles. The maximum atomic E-state index is 13.2. The van der Waals surface area contributed by atoms with Crippen molar-refractivity contribution >= 4 is 17.6 Å². The Balaban J connectivity index is 1.44. The number of aryl methyl sites for hydroxylation is 1. The first kappa shape index (κ1) is 21.2. The van der Waals surface area contributed by atoms with Gasteiger partial charge in [0.25, 0.3) is 5.91 Å². The Morgan fingerprint density at radius 1 is 1.09 bits per heavy atom. The van der Waals surface area contributed by atoms with Gasteiger partial charge in [0.1, 0.15) is 5.82 Å². The first-order valence-corrected chi connectivity index (χ1v) is 11.5. The van der Waals surface area contributed by atoms with Gasteiger partial charge in [-0.05, 0) is 50.3 Å². The van der Waals surface area contributed by atoms with Crippen LogP contribution in [0.5, 0.6) is 0 Å². The predicted octanol–water partition coefficient (Wildman–Crippen LogP) is 3.68. The number of amides is 2. The highest BCUT2D eigenvalue weighted by molar-refractivity contribution is 6.00. The number of likely N-dealkylation sites (tertiary alicyclic amines) is 1. The Morgan fingerprint density at radius 2 is 1.94 bits per heavy atom. The molecule has 3 aromatic rings. The van der Waals surface area contributed by atoms with E-state index in [0.717, 1.165) is 36.9 Å². The highest BCUT2D eigenvalue weighted by Crippen LogP contribution is 2.35. The van der Waals surface area contributed by atoms with Crippen molar-refractivity contribution in [2.45, 2.75) is 45.1 Å². The third-order valence-electron chi connectivity index (χ3n) is 6.53. The molecule has 33 heavy (non-hydrogen) atoms. The highest BCUT2D eigenvalue weighted by atomic mass is 16.2. The van der Waals surface area contributed by atoms with Crippen LogP contribution in [0.25, 0.3) is 0 Å². The fourth-order valence-electron chi connectivity index (χ4n) is 4.76. The second-order valence-corrected chi connectivity index (χ2v) is 8.68. The fourth-order valence-corrected chi connectivity index (χ4v) is 4.76. The van der Waals surface area contributed by atoms with Crippen LogP contribution in [-0.2, 0) is 17.6 Å². The van der Waals surface area contributed by atoms with E-state index >= 15 is 0 Å². The number of hydrogen-bond donors (Lipinski definition) is 0. The monoisotopic (exact) mass is 441 g/mol. The number of benzene rings is 1. The van der Waals surface area contributed by atoms with Gasteiger partial charge in [-0.25, -0.2) is 9.97 Å². The number of carbonyl (C=O) groups is 2. The Bertz CT molecular complexity index is 1170. The maximum absolute atomic E-state index is 13.2. The molecule has 0 spiro atoms. The Labute approximate surface area is 193 Å². The van der Waals surface area contributed by atoms with E-state index in [9.17, 15) is 9.59 Å². The molecule has 5 rings (SSSR count). The van der Waals surface area contributed by atoms with Crippen LogP contribution in [0.3, 0.4) is 0 Å². The molecule has 2 amide bonds. The zero-order valence-corrected chi connectivity index (χ0v) is 18.8. The van der Waals surface area contributed by atoms with Gasteiger partial charge < -0.3 is 4.90 Å². The molecule has 7 nitrogen and oxygen atoms in total. The zero-order chi connectivity index (χ0) is 22.8. The summed E-state index contributed by atoms with van der Waals surface area (Å²) in [5.74, 6) is 1.34. The van der Waals surface area contributed by atoms with Crippen molar-refractivity contribution in [3.8, 4) is 0 Å². The molecule has 168 valence electrons. The fraction of sp³-hybridized carbons (Fsp3) is 0.346. The number of piperidine rings is 1. The van der Waals surface area contributed by atoms with Gasteiger partial charge in [-0.3, -0.25) is 19.5 Å². The van der Waals surface area contributed by atoms with E-state index in [1.807, 2.05) is 30.0 Å². The van der Waals surface area contributed by atoms with E-state index in [0.29, 0.717) is 36.7 Å². The minimum Gasteiger partial charge on any atom is -0.328 e. The summed E-state index contributed by atoms with van der Waals surface area (Å²) in [5, 5.41) is 0. The van der Waals surface area contributed by atoms with Crippen molar-refractivity contribution in [3.05, 3.63) is 83.1 Å². The number of carbonyl (C=O) groups excluding carboxylic acids is 2. The van der Waals surface area contributed by atoms with Gasteiger partial charge in [0.15, 0.2) is 5.82 Å². The van der Waals surface area contributed by atoms with Crippen LogP contribution in [-0.4, -0.2) is 44.8 Å². The molecular formula is C26H27N5O2. The van der Waals surface area contributed by atoms with E-state index in [1.54, 1.807) is 29.4 Å². The molecule has 0 radical (unpaired) electrons. The molecule has 1 aromatic carbocycles. The van der Waals surface area contributed by atoms with Crippen molar-refractivity contribution in [1.29, 1.82) is 0 Å². The minimum atomic E-state index is -0.206. The number of hydrogen-bond acceptors (Lipinski definition) is 5. The molecule has 1 unspecified atom stereocenters. The van der Waals surface area contributed by atoms with Gasteiger partial charge in [0, 0.05) is 36.7 Å². The van der Waals surface area contributed by atoms with Crippen LogP contribution in [0.4, 0.5) is 5.82 Å². The number of anilines is 1. The van der Waals surface area contributed by atoms with Crippen molar-refractivity contribution in [3.63, 3.8) is 0 Å². The van der Waals surface area contributed by atoms with Crippen molar-refractivity contribution < 1.29 is 9.59 Å². The molecule has 2 aliphatic rings. The topological polar surface area (TPSA) is 79.3 Å². The lowest BCUT2D eigenvalue weighted by atomic mass is 10.00. The van der Waals surface area contributed by atoms with Crippen LogP contribution in [0.15, 0.2) is 54.9 Å². The molecule has 0 N–H and O–H groups in total. The maximum Gasteiger partial charge on any atom is 0.256 e. The lowest BCUT2D eigenvalue weighted by Gasteiger charge is -2.35. The third kappa shape index (κ3) is 4.23. The van der Waals surface area contributed by atoms with Gasteiger partial charge in [-0.15, -0.1) is 0 Å². The number of aromatic nitrogens is 3. The van der Waals surface area contributed by atoms with E-state index in [4.69, 9.17) is 9.97 Å². The van der Waals surface area contributed by atoms with Crippen molar-refractivity contribution in [2.24, 2.45) is 0 Å². The van der Waals surface area contributed by atoms with Crippen molar-refractivity contribution in [2.75, 3.05) is 18.0 Å². The summed E-state index contributed by atoms with van der Waals surface area (Å²) in [4.78, 5) is 43.5. The zero-order valence-electron chi connectivity index (χ0n) is 18.8. The predicted molar refractivity (Wildman–Crippen MR) is 125 cm³/mol. The van der Waals surface area contributed by atoms with E-state index in [2.05, 4.69) is 17.1 Å². The standard InChI is InChI=1S/C26H27N5O2/c1-18-21-16-23(32)31(15-12-19-8-3-2-4-9-19)25(21)29-24(28-18)22-11-5-6-14-30(22)26(33)20-10-7-13-27-17-20/h2-4,7-10,13,17,22H,5-6,11-12,14-16H2,1H3. The van der Waals surface area contributed by atoms with Crippen LogP contribution < -0.4 is 4.90 Å². The first-order chi connectivity index (χ1) is 16.1. The Morgan fingerprint density at radius 3 is 2.73 bits per heavy atom. The SMILES string of the molecule is Cc1nc(C2CCCCN2C(=O)c2cccnc2)nc2c1CC(=O)N2CCc1ccccc1. The van der Waals surface area contributed by atoms with E-state index < -0.39 is 0 Å². The summed E-state index contributed by atoms with van der Waals surface area (Å²) in [7, 11) is 0. The molecule has 0 bridgehead atoms. The average molecular weight is 442 g/mol. The van der Waals surface area contributed by atoms with Crippen molar-refractivity contribution in [1.82, 2.24) is 19.9 Å². The molecule has 1 atom stereocenters. The van der Waals surface area contributed by atoms with E-state index in [1.165, 1.54) is 5.56 Å². The molecule has 0 saturated carbocycles. The summed E-state index contributed by atoms with van der Waals surface area (Å²) in [6.45, 7) is 3.18. The highest BCUT2D eigenvalue weighted by Gasteiger charge is 2.35. The molecule has 1 fully saturated rings. The van der Waals surface area contributed by atoms with Gasteiger partial charge in [-0.1, -0.05) is 30.3 Å². The van der Waals surface area contributed by atoms with Gasteiger partial charge in [0.05, 0.1) is 18.0 Å². The lowest BCUT2D eigenvalue weighted by Crippen LogP contribution is -2.39. The second-order valence-electron chi connectivity index (χ2n) is 8.68. The molecule has 4 heterocycles. The summed E-state index contributed by atoms with van der Waals surface area (Å²) in [5.41, 5.74) is 3.48. The van der Waals surface area contributed by atoms with Crippen LogP contribution in [0.1, 0.15) is 58.3 Å². The summed E-state index contributed by atoms with van der Waals surface area (Å²) >= 11 is 0. The number of rotatable bonds is 5. The first-order valence-electron chi connectivity index (χ1n) is 11.5. The number of pyridine rings is 1. The summed E-state index contributed by atoms with van der Waals surface area (Å²) in [6.07, 6.45) is 7.14. The third-order valence-corrected chi connectivity index (χ3v) is 6.53. The Kier molecular flexibility index (Phi) is 5.86. The molecule has 2 aliphatic heterocycles. The largest absolute Gasteiger partial charge is 0.328 e. The van der Waals surface area contributed by atoms with Gasteiger partial charge in [0.2, 0.25) is 5.91 Å². The molecule has 7 heteroatoms. The molecular weight excluding hydrogens is 414 g/mol. The van der Waals surface area contributed by atoms with Gasteiger partial charge in [-0.2, -0.15) is 0 Å². The Hall–Kier alpha value is -3.61. The van der Waals surface area contributed by atoms with Crippen LogP contribution >= 0.6 is 0 Å². The average Bonchev–Trinajstić information content (AvgIpc) is 3.19. The quantitative estimate of drug-likeness (QED) is 0.604. The second kappa shape index (κ2) is 9.10. The van der Waals surface area contributed by atoms with Crippen LogP contribution in [0.2, 0.25) is 0 Å². The summed E-state index contributed by atoms with van der Waals surface area (Å²) < 4.78 is 0. The number of nitrogens with zero attached hydrogens (tertiary/aromatic N) is 5. The minimum absolute atomic E-state index is 0.0495. The normalized spacial score (nSPS) is 17.8.